The van der Waals surface area contributed by atoms with Gasteiger partial charge in [0.2, 0.25) is 0 Å². The molecule has 0 atom stereocenters. The van der Waals surface area contributed by atoms with Gasteiger partial charge >= 0.3 is 0 Å². The van der Waals surface area contributed by atoms with E-state index in [4.69, 9.17) is 14.2 Å². The fourth-order valence-corrected chi connectivity index (χ4v) is 3.23. The monoisotopic (exact) mass is 396 g/mol. The highest BCUT2D eigenvalue weighted by Crippen LogP contribution is 2.36. The molecule has 2 aromatic rings. The maximum atomic E-state index is 13.2. The third-order valence-corrected chi connectivity index (χ3v) is 4.68. The first-order valence-corrected chi connectivity index (χ1v) is 9.16. The van der Waals surface area contributed by atoms with Gasteiger partial charge in [0.05, 0.1) is 38.6 Å². The van der Waals surface area contributed by atoms with Crippen molar-refractivity contribution in [1.29, 1.82) is 0 Å². The van der Waals surface area contributed by atoms with Crippen LogP contribution in [0, 0.1) is 6.92 Å². The molecule has 29 heavy (non-hydrogen) atoms. The quantitative estimate of drug-likeness (QED) is 0.692. The summed E-state index contributed by atoms with van der Waals surface area (Å²) in [5, 5.41) is 3.13. The number of amides is 2. The topological polar surface area (TPSA) is 77.1 Å². The van der Waals surface area contributed by atoms with Crippen LogP contribution in [0.25, 0.3) is 5.57 Å². The van der Waals surface area contributed by atoms with E-state index in [2.05, 4.69) is 5.32 Å². The van der Waals surface area contributed by atoms with E-state index in [1.165, 1.54) is 19.1 Å². The molecule has 0 aliphatic carbocycles. The van der Waals surface area contributed by atoms with Gasteiger partial charge in [-0.3, -0.25) is 14.5 Å². The molecule has 1 aliphatic heterocycles. The van der Waals surface area contributed by atoms with E-state index in [1.54, 1.807) is 25.3 Å². The molecule has 0 saturated heterocycles. The zero-order chi connectivity index (χ0) is 21.0. The number of rotatable bonds is 8. The predicted octanol–water partition coefficient (Wildman–Crippen LogP) is 2.85. The fraction of sp³-hybridized carbons (Fsp3) is 0.273. The first-order valence-electron chi connectivity index (χ1n) is 9.16. The van der Waals surface area contributed by atoms with Gasteiger partial charge in [-0.15, -0.1) is 0 Å². The molecule has 7 nitrogen and oxygen atoms in total. The van der Waals surface area contributed by atoms with E-state index in [-0.39, 0.29) is 24.4 Å². The Bertz CT molecular complexity index is 967. The number of hydrogen-bond donors (Lipinski definition) is 1. The molecule has 0 spiro atoms. The molecule has 7 heteroatoms. The molecule has 2 amide bonds. The highest BCUT2D eigenvalue weighted by atomic mass is 16.5. The molecule has 0 bridgehead atoms. The Morgan fingerprint density at radius 2 is 1.66 bits per heavy atom. The van der Waals surface area contributed by atoms with Gasteiger partial charge in [-0.2, -0.15) is 0 Å². The summed E-state index contributed by atoms with van der Waals surface area (Å²) >= 11 is 0. The van der Waals surface area contributed by atoms with Crippen LogP contribution in [-0.4, -0.2) is 51.2 Å². The Hall–Kier alpha value is -3.32. The van der Waals surface area contributed by atoms with Crippen LogP contribution in [0.3, 0.4) is 0 Å². The lowest BCUT2D eigenvalue weighted by atomic mass is 10.0. The molecule has 0 fully saturated rings. The number of aryl methyl sites for hydroxylation is 1. The lowest BCUT2D eigenvalue weighted by Crippen LogP contribution is -2.35. The molecule has 2 aromatic carbocycles. The van der Waals surface area contributed by atoms with Crippen molar-refractivity contribution in [2.24, 2.45) is 0 Å². The Labute approximate surface area is 169 Å². The summed E-state index contributed by atoms with van der Waals surface area (Å²) in [6, 6.07) is 12.7. The minimum absolute atomic E-state index is 0.156. The van der Waals surface area contributed by atoms with Gasteiger partial charge in [0.25, 0.3) is 11.8 Å². The van der Waals surface area contributed by atoms with E-state index in [0.29, 0.717) is 22.7 Å². The summed E-state index contributed by atoms with van der Waals surface area (Å²) in [5.74, 6) is 0.257. The summed E-state index contributed by atoms with van der Waals surface area (Å²) in [7, 11) is 4.61. The van der Waals surface area contributed by atoms with Gasteiger partial charge in [-0.1, -0.05) is 24.3 Å². The minimum atomic E-state index is -0.420. The lowest BCUT2D eigenvalue weighted by molar-refractivity contribution is -0.137. The van der Waals surface area contributed by atoms with Gasteiger partial charge in [-0.25, -0.2) is 0 Å². The molecular formula is C22H24N2O5. The molecule has 1 aliphatic rings. The van der Waals surface area contributed by atoms with Gasteiger partial charge in [0.15, 0.2) is 0 Å². The van der Waals surface area contributed by atoms with Gasteiger partial charge in [-0.05, 0) is 30.7 Å². The molecule has 1 heterocycles. The molecule has 0 aromatic heterocycles. The Balaban J connectivity index is 2.14. The SMILES string of the molecule is COCCN1C(=O)C(Nc2cc(C)ccc2OC)=C(c2ccccc2OC)C1=O. The van der Waals surface area contributed by atoms with Crippen molar-refractivity contribution in [3.05, 3.63) is 59.3 Å². The maximum absolute atomic E-state index is 13.2. The smallest absolute Gasteiger partial charge is 0.278 e. The summed E-state index contributed by atoms with van der Waals surface area (Å²) < 4.78 is 15.9. The van der Waals surface area contributed by atoms with Crippen LogP contribution in [-0.2, 0) is 14.3 Å². The number of imide groups is 1. The molecule has 0 unspecified atom stereocenters. The van der Waals surface area contributed by atoms with Crippen molar-refractivity contribution >= 4 is 23.1 Å². The van der Waals surface area contributed by atoms with Crippen LogP contribution in [0.2, 0.25) is 0 Å². The highest BCUT2D eigenvalue weighted by molar-refractivity contribution is 6.37. The lowest BCUT2D eigenvalue weighted by Gasteiger charge is -2.15. The van der Waals surface area contributed by atoms with Crippen molar-refractivity contribution in [3.63, 3.8) is 0 Å². The van der Waals surface area contributed by atoms with Gasteiger partial charge in [0.1, 0.15) is 17.2 Å². The van der Waals surface area contributed by atoms with E-state index in [1.807, 2.05) is 31.2 Å². The predicted molar refractivity (Wildman–Crippen MR) is 110 cm³/mol. The van der Waals surface area contributed by atoms with Crippen LogP contribution in [0.5, 0.6) is 11.5 Å². The first-order chi connectivity index (χ1) is 14.0. The third-order valence-electron chi connectivity index (χ3n) is 4.68. The summed E-state index contributed by atoms with van der Waals surface area (Å²) in [6.07, 6.45) is 0. The maximum Gasteiger partial charge on any atom is 0.278 e. The number of ether oxygens (including phenoxy) is 3. The third kappa shape index (κ3) is 3.95. The van der Waals surface area contributed by atoms with Crippen molar-refractivity contribution in [2.75, 3.05) is 39.8 Å². The molecular weight excluding hydrogens is 372 g/mol. The number of methoxy groups -OCH3 is 3. The van der Waals surface area contributed by atoms with Crippen molar-refractivity contribution < 1.29 is 23.8 Å². The number of para-hydroxylation sites is 1. The van der Waals surface area contributed by atoms with Crippen LogP contribution >= 0.6 is 0 Å². The normalized spacial score (nSPS) is 13.9. The second-order valence-electron chi connectivity index (χ2n) is 6.53. The van der Waals surface area contributed by atoms with Crippen LogP contribution < -0.4 is 14.8 Å². The zero-order valence-electron chi connectivity index (χ0n) is 16.9. The molecule has 0 radical (unpaired) electrons. The second-order valence-corrected chi connectivity index (χ2v) is 6.53. The Kier molecular flexibility index (Phi) is 6.19. The van der Waals surface area contributed by atoms with E-state index >= 15 is 0 Å². The first kappa shape index (κ1) is 20.4. The van der Waals surface area contributed by atoms with Crippen LogP contribution in [0.15, 0.2) is 48.2 Å². The number of carbonyl (C=O) groups excluding carboxylic acids is 2. The standard InChI is InChI=1S/C22H24N2O5/c1-14-9-10-18(29-4)16(13-14)23-20-19(15-7-5-6-8-17(15)28-3)21(25)24(22(20)26)11-12-27-2/h5-10,13,23H,11-12H2,1-4H3. The van der Waals surface area contributed by atoms with Crippen molar-refractivity contribution in [1.82, 2.24) is 4.90 Å². The van der Waals surface area contributed by atoms with E-state index in [0.717, 1.165) is 5.56 Å². The largest absolute Gasteiger partial charge is 0.496 e. The number of anilines is 1. The average Bonchev–Trinajstić information content (AvgIpc) is 2.96. The highest BCUT2D eigenvalue weighted by Gasteiger charge is 2.40. The number of nitrogens with zero attached hydrogens (tertiary/aromatic N) is 1. The zero-order valence-corrected chi connectivity index (χ0v) is 16.9. The van der Waals surface area contributed by atoms with Crippen molar-refractivity contribution in [3.8, 4) is 11.5 Å². The number of hydrogen-bond acceptors (Lipinski definition) is 6. The Morgan fingerprint density at radius 3 is 2.34 bits per heavy atom. The van der Waals surface area contributed by atoms with Crippen LogP contribution in [0.4, 0.5) is 5.69 Å². The molecule has 0 saturated carbocycles. The Morgan fingerprint density at radius 1 is 0.931 bits per heavy atom. The fourth-order valence-electron chi connectivity index (χ4n) is 3.23. The molecule has 1 N–H and O–H groups in total. The summed E-state index contributed by atoms with van der Waals surface area (Å²) in [6.45, 7) is 2.34. The minimum Gasteiger partial charge on any atom is -0.496 e. The van der Waals surface area contributed by atoms with Crippen LogP contribution in [0.1, 0.15) is 11.1 Å². The summed E-state index contributed by atoms with van der Waals surface area (Å²) in [5.41, 5.74) is 2.57. The van der Waals surface area contributed by atoms with E-state index in [9.17, 15) is 9.59 Å². The average molecular weight is 396 g/mol. The molecule has 3 rings (SSSR count). The molecule has 152 valence electrons. The van der Waals surface area contributed by atoms with Gasteiger partial charge in [0, 0.05) is 12.7 Å². The summed E-state index contributed by atoms with van der Waals surface area (Å²) in [4.78, 5) is 27.5. The second kappa shape index (κ2) is 8.79. The van der Waals surface area contributed by atoms with Gasteiger partial charge < -0.3 is 19.5 Å². The number of carbonyl (C=O) groups is 2. The van der Waals surface area contributed by atoms with E-state index < -0.39 is 11.8 Å². The van der Waals surface area contributed by atoms with Crippen molar-refractivity contribution in [2.45, 2.75) is 6.92 Å². The number of nitrogens with one attached hydrogen (secondary N) is 1. The number of benzene rings is 2.